The van der Waals surface area contributed by atoms with E-state index >= 15 is 0 Å². The lowest BCUT2D eigenvalue weighted by Gasteiger charge is -2.13. The van der Waals surface area contributed by atoms with E-state index < -0.39 is 11.8 Å². The van der Waals surface area contributed by atoms with Crippen molar-refractivity contribution in [3.8, 4) is 5.75 Å². The minimum Gasteiger partial charge on any atom is -0.488 e. The number of hydrazone groups is 1. The van der Waals surface area contributed by atoms with Crippen molar-refractivity contribution in [2.24, 2.45) is 5.10 Å². The van der Waals surface area contributed by atoms with Gasteiger partial charge in [-0.15, -0.1) is 0 Å². The summed E-state index contributed by atoms with van der Waals surface area (Å²) in [5, 5.41) is 6.54. The number of amides is 2. The van der Waals surface area contributed by atoms with Gasteiger partial charge in [-0.1, -0.05) is 72.8 Å². The highest BCUT2D eigenvalue weighted by molar-refractivity contribution is 6.35. The summed E-state index contributed by atoms with van der Waals surface area (Å²) >= 11 is 0. The number of hydrogen-bond acceptors (Lipinski definition) is 4. The molecule has 3 aromatic rings. The number of para-hydroxylation sites is 1. The first kappa shape index (κ1) is 20.8. The van der Waals surface area contributed by atoms with Crippen molar-refractivity contribution < 1.29 is 14.3 Å². The smallest absolute Gasteiger partial charge is 0.329 e. The summed E-state index contributed by atoms with van der Waals surface area (Å²) in [7, 11) is 0. The average molecular weight is 401 g/mol. The van der Waals surface area contributed by atoms with Crippen LogP contribution in [0, 0.1) is 0 Å². The molecule has 0 aliphatic rings. The Kier molecular flexibility index (Phi) is 7.33. The van der Waals surface area contributed by atoms with Crippen LogP contribution in [0.2, 0.25) is 0 Å². The molecule has 0 aliphatic carbocycles. The van der Waals surface area contributed by atoms with Gasteiger partial charge >= 0.3 is 11.8 Å². The van der Waals surface area contributed by atoms with E-state index in [1.54, 1.807) is 0 Å². The molecule has 0 radical (unpaired) electrons. The van der Waals surface area contributed by atoms with Crippen molar-refractivity contribution in [2.45, 2.75) is 19.6 Å². The molecule has 2 N–H and O–H groups in total. The fraction of sp³-hybridized carbons (Fsp3) is 0.125. The number of nitrogens with one attached hydrogen (secondary N) is 2. The van der Waals surface area contributed by atoms with Gasteiger partial charge in [0.2, 0.25) is 0 Å². The summed E-state index contributed by atoms with van der Waals surface area (Å²) in [6.45, 7) is 2.22. The van der Waals surface area contributed by atoms with E-state index in [-0.39, 0.29) is 6.04 Å². The molecule has 30 heavy (non-hydrogen) atoms. The molecule has 0 saturated heterocycles. The van der Waals surface area contributed by atoms with Crippen LogP contribution in [-0.2, 0) is 16.2 Å². The third kappa shape index (κ3) is 6.04. The van der Waals surface area contributed by atoms with Crippen LogP contribution in [0.3, 0.4) is 0 Å². The number of ether oxygens (including phenoxy) is 1. The van der Waals surface area contributed by atoms with E-state index in [0.717, 1.165) is 11.1 Å². The van der Waals surface area contributed by atoms with Crippen LogP contribution >= 0.6 is 0 Å². The Labute approximate surface area is 175 Å². The van der Waals surface area contributed by atoms with E-state index in [4.69, 9.17) is 4.74 Å². The van der Waals surface area contributed by atoms with Crippen LogP contribution in [0.25, 0.3) is 0 Å². The van der Waals surface area contributed by atoms with E-state index in [1.165, 1.54) is 6.21 Å². The zero-order chi connectivity index (χ0) is 21.2. The van der Waals surface area contributed by atoms with E-state index in [1.807, 2.05) is 91.9 Å². The van der Waals surface area contributed by atoms with Crippen LogP contribution in [0.5, 0.6) is 5.75 Å². The average Bonchev–Trinajstić information content (AvgIpc) is 2.79. The molecule has 0 aromatic heterocycles. The SMILES string of the molecule is C[C@H](NC(=O)C(=O)N/N=C\c1ccccc1OCc1ccccc1)c1ccccc1. The van der Waals surface area contributed by atoms with Gasteiger partial charge in [-0.05, 0) is 30.2 Å². The Morgan fingerprint density at radius 1 is 0.900 bits per heavy atom. The second-order valence-corrected chi connectivity index (χ2v) is 6.62. The molecular weight excluding hydrogens is 378 g/mol. The van der Waals surface area contributed by atoms with Gasteiger partial charge in [-0.25, -0.2) is 5.43 Å². The van der Waals surface area contributed by atoms with Crippen molar-refractivity contribution in [3.63, 3.8) is 0 Å². The first-order valence-electron chi connectivity index (χ1n) is 9.58. The molecule has 3 rings (SSSR count). The second-order valence-electron chi connectivity index (χ2n) is 6.62. The Morgan fingerprint density at radius 2 is 1.53 bits per heavy atom. The van der Waals surface area contributed by atoms with Gasteiger partial charge in [0.05, 0.1) is 12.3 Å². The molecular formula is C24H23N3O3. The van der Waals surface area contributed by atoms with E-state index in [2.05, 4.69) is 15.8 Å². The number of hydrogen-bond donors (Lipinski definition) is 2. The fourth-order valence-corrected chi connectivity index (χ4v) is 2.75. The highest BCUT2D eigenvalue weighted by Gasteiger charge is 2.16. The highest BCUT2D eigenvalue weighted by atomic mass is 16.5. The van der Waals surface area contributed by atoms with Crippen molar-refractivity contribution in [3.05, 3.63) is 102 Å². The first-order chi connectivity index (χ1) is 14.6. The Bertz CT molecular complexity index is 1000. The molecule has 0 heterocycles. The molecule has 0 fully saturated rings. The van der Waals surface area contributed by atoms with Crippen molar-refractivity contribution in [1.82, 2.24) is 10.7 Å². The topological polar surface area (TPSA) is 79.8 Å². The van der Waals surface area contributed by atoms with Gasteiger partial charge in [0.25, 0.3) is 0 Å². The molecule has 2 amide bonds. The molecule has 1 atom stereocenters. The predicted octanol–water partition coefficient (Wildman–Crippen LogP) is 3.59. The van der Waals surface area contributed by atoms with Crippen molar-refractivity contribution in [1.29, 1.82) is 0 Å². The lowest BCUT2D eigenvalue weighted by Crippen LogP contribution is -2.39. The monoisotopic (exact) mass is 401 g/mol. The number of carbonyl (C=O) groups excluding carboxylic acids is 2. The fourth-order valence-electron chi connectivity index (χ4n) is 2.75. The standard InChI is InChI=1S/C24H23N3O3/c1-18(20-12-6-3-7-13-20)26-23(28)24(29)27-25-16-21-14-8-9-15-22(21)30-17-19-10-4-2-5-11-19/h2-16,18H,17H2,1H3,(H,26,28)(H,27,29)/b25-16-/t18-/m0/s1. The number of rotatable bonds is 7. The summed E-state index contributed by atoms with van der Waals surface area (Å²) in [5.74, 6) is -0.963. The molecule has 0 unspecified atom stereocenters. The summed E-state index contributed by atoms with van der Waals surface area (Å²) in [6.07, 6.45) is 1.45. The summed E-state index contributed by atoms with van der Waals surface area (Å²) in [6, 6.07) is 26.2. The number of benzene rings is 3. The molecule has 0 bridgehead atoms. The van der Waals surface area contributed by atoms with Crippen molar-refractivity contribution >= 4 is 18.0 Å². The largest absolute Gasteiger partial charge is 0.488 e. The van der Waals surface area contributed by atoms with Gasteiger partial charge in [0, 0.05) is 5.56 Å². The normalized spacial score (nSPS) is 11.6. The molecule has 0 spiro atoms. The van der Waals surface area contributed by atoms with E-state index in [9.17, 15) is 9.59 Å². The number of carbonyl (C=O) groups is 2. The maximum Gasteiger partial charge on any atom is 0.329 e. The number of nitrogens with zero attached hydrogens (tertiary/aromatic N) is 1. The van der Waals surface area contributed by atoms with Gasteiger partial charge in [0.1, 0.15) is 12.4 Å². The summed E-state index contributed by atoms with van der Waals surface area (Å²) in [4.78, 5) is 24.1. The molecule has 6 heteroatoms. The van der Waals surface area contributed by atoms with Crippen LogP contribution in [0.15, 0.2) is 90.0 Å². The second kappa shape index (κ2) is 10.6. The Balaban J connectivity index is 1.54. The molecule has 0 saturated carbocycles. The minimum absolute atomic E-state index is 0.291. The lowest BCUT2D eigenvalue weighted by atomic mass is 10.1. The van der Waals surface area contributed by atoms with Crippen LogP contribution in [-0.4, -0.2) is 18.0 Å². The van der Waals surface area contributed by atoms with Crippen LogP contribution < -0.4 is 15.5 Å². The van der Waals surface area contributed by atoms with Crippen molar-refractivity contribution in [2.75, 3.05) is 0 Å². The summed E-state index contributed by atoms with van der Waals surface area (Å²) in [5.41, 5.74) is 4.89. The predicted molar refractivity (Wildman–Crippen MR) is 116 cm³/mol. The van der Waals surface area contributed by atoms with Crippen LogP contribution in [0.4, 0.5) is 0 Å². The maximum absolute atomic E-state index is 12.1. The first-order valence-corrected chi connectivity index (χ1v) is 9.58. The quantitative estimate of drug-likeness (QED) is 0.361. The zero-order valence-corrected chi connectivity index (χ0v) is 16.6. The molecule has 152 valence electrons. The van der Waals surface area contributed by atoms with Gasteiger partial charge in [0.15, 0.2) is 0 Å². The molecule has 6 nitrogen and oxygen atoms in total. The Morgan fingerprint density at radius 3 is 2.27 bits per heavy atom. The molecule has 0 aliphatic heterocycles. The molecule has 3 aromatic carbocycles. The summed E-state index contributed by atoms with van der Waals surface area (Å²) < 4.78 is 5.85. The minimum atomic E-state index is -0.836. The van der Waals surface area contributed by atoms with E-state index in [0.29, 0.717) is 17.9 Å². The third-order valence-corrected chi connectivity index (χ3v) is 4.38. The highest BCUT2D eigenvalue weighted by Crippen LogP contribution is 2.17. The van der Waals surface area contributed by atoms with Crippen LogP contribution in [0.1, 0.15) is 29.7 Å². The third-order valence-electron chi connectivity index (χ3n) is 4.38. The maximum atomic E-state index is 12.1. The van der Waals surface area contributed by atoms with Gasteiger partial charge in [-0.2, -0.15) is 5.10 Å². The lowest BCUT2D eigenvalue weighted by molar-refractivity contribution is -0.139. The Hall–Kier alpha value is -3.93. The van der Waals surface area contributed by atoms with Gasteiger partial charge < -0.3 is 10.1 Å². The van der Waals surface area contributed by atoms with Gasteiger partial charge in [-0.3, -0.25) is 9.59 Å². The zero-order valence-electron chi connectivity index (χ0n) is 16.6.